The van der Waals surface area contributed by atoms with Gasteiger partial charge in [-0.15, -0.1) is 0 Å². The van der Waals surface area contributed by atoms with Crippen molar-refractivity contribution in [2.45, 2.75) is 11.3 Å². The molecular formula is C8H12ClN3O4S2. The predicted molar refractivity (Wildman–Crippen MR) is 67.0 cm³/mol. The fourth-order valence-corrected chi connectivity index (χ4v) is 2.76. The van der Waals surface area contributed by atoms with E-state index in [1.165, 1.54) is 12.1 Å². The Morgan fingerprint density at radius 2 is 1.94 bits per heavy atom. The molecule has 1 aromatic heterocycles. The smallest absolute Gasteiger partial charge is 0.242 e. The molecule has 0 radical (unpaired) electrons. The van der Waals surface area contributed by atoms with Crippen LogP contribution >= 0.6 is 11.6 Å². The van der Waals surface area contributed by atoms with Crippen LogP contribution in [0.4, 0.5) is 0 Å². The highest BCUT2D eigenvalue weighted by atomic mass is 35.5. The van der Waals surface area contributed by atoms with Crippen molar-refractivity contribution < 1.29 is 16.8 Å². The van der Waals surface area contributed by atoms with Gasteiger partial charge in [-0.2, -0.15) is 0 Å². The lowest BCUT2D eigenvalue weighted by Gasteiger charge is -2.05. The highest BCUT2D eigenvalue weighted by Gasteiger charge is 2.14. The molecule has 0 unspecified atom stereocenters. The largest absolute Gasteiger partial charge is 0.243 e. The second-order valence-corrected chi connectivity index (χ2v) is 7.32. The molecule has 0 atom stereocenters. The van der Waals surface area contributed by atoms with Crippen molar-refractivity contribution in [2.24, 2.45) is 5.14 Å². The lowest BCUT2D eigenvalue weighted by Crippen LogP contribution is -2.27. The van der Waals surface area contributed by atoms with Crippen molar-refractivity contribution in [3.63, 3.8) is 0 Å². The van der Waals surface area contributed by atoms with Crippen LogP contribution in [0, 0.1) is 0 Å². The van der Waals surface area contributed by atoms with Crippen LogP contribution in [0.2, 0.25) is 5.15 Å². The van der Waals surface area contributed by atoms with Gasteiger partial charge in [0.2, 0.25) is 20.0 Å². The van der Waals surface area contributed by atoms with Gasteiger partial charge in [-0.25, -0.2) is 31.7 Å². The monoisotopic (exact) mass is 313 g/mol. The molecule has 0 bridgehead atoms. The van der Waals surface area contributed by atoms with Crippen LogP contribution in [0.25, 0.3) is 0 Å². The molecule has 1 heterocycles. The summed E-state index contributed by atoms with van der Waals surface area (Å²) in [5, 5.41) is 4.97. The fraction of sp³-hybridized carbons (Fsp3) is 0.375. The SMILES string of the molecule is NS(=O)(=O)CCCNS(=O)(=O)c1ccc(Cl)nc1. The van der Waals surface area contributed by atoms with E-state index < -0.39 is 20.0 Å². The van der Waals surface area contributed by atoms with E-state index in [4.69, 9.17) is 16.7 Å². The zero-order valence-electron chi connectivity index (χ0n) is 9.21. The van der Waals surface area contributed by atoms with Crippen molar-refractivity contribution in [3.05, 3.63) is 23.5 Å². The summed E-state index contributed by atoms with van der Waals surface area (Å²) in [6.45, 7) is -0.0264. The fourth-order valence-electron chi connectivity index (χ4n) is 1.08. The summed E-state index contributed by atoms with van der Waals surface area (Å²) in [5.41, 5.74) is 0. The van der Waals surface area contributed by atoms with Crippen molar-refractivity contribution in [3.8, 4) is 0 Å². The molecule has 3 N–H and O–H groups in total. The van der Waals surface area contributed by atoms with Gasteiger partial charge in [-0.1, -0.05) is 11.6 Å². The molecule has 1 rings (SSSR count). The summed E-state index contributed by atoms with van der Waals surface area (Å²) < 4.78 is 46.9. The summed E-state index contributed by atoms with van der Waals surface area (Å²) in [6.07, 6.45) is 1.21. The van der Waals surface area contributed by atoms with Gasteiger partial charge in [0.05, 0.1) is 5.75 Å². The maximum atomic E-state index is 11.7. The molecule has 0 aromatic carbocycles. The minimum absolute atomic E-state index is 0.0264. The zero-order valence-corrected chi connectivity index (χ0v) is 11.6. The Labute approximate surface area is 110 Å². The first kappa shape index (κ1) is 15.3. The van der Waals surface area contributed by atoms with Crippen LogP contribution < -0.4 is 9.86 Å². The first-order valence-corrected chi connectivity index (χ1v) is 8.40. The Morgan fingerprint density at radius 3 is 2.44 bits per heavy atom. The molecule has 0 aliphatic carbocycles. The van der Waals surface area contributed by atoms with Crippen LogP contribution in [0.15, 0.2) is 23.2 Å². The molecule has 18 heavy (non-hydrogen) atoms. The van der Waals surface area contributed by atoms with Gasteiger partial charge >= 0.3 is 0 Å². The Morgan fingerprint density at radius 1 is 1.28 bits per heavy atom. The van der Waals surface area contributed by atoms with Gasteiger partial charge in [0.25, 0.3) is 0 Å². The molecular weight excluding hydrogens is 302 g/mol. The molecule has 0 amide bonds. The third kappa shape index (κ3) is 5.27. The average Bonchev–Trinajstić information content (AvgIpc) is 2.24. The zero-order chi connectivity index (χ0) is 13.8. The summed E-state index contributed by atoms with van der Waals surface area (Å²) >= 11 is 5.53. The van der Waals surface area contributed by atoms with Crippen molar-refractivity contribution in [1.29, 1.82) is 0 Å². The van der Waals surface area contributed by atoms with E-state index >= 15 is 0 Å². The number of nitrogens with two attached hydrogens (primary N) is 1. The highest BCUT2D eigenvalue weighted by Crippen LogP contribution is 2.10. The molecule has 10 heteroatoms. The van der Waals surface area contributed by atoms with E-state index in [1.807, 2.05) is 0 Å². The number of sulfonamides is 2. The van der Waals surface area contributed by atoms with E-state index in [-0.39, 0.29) is 28.8 Å². The van der Waals surface area contributed by atoms with Crippen molar-refractivity contribution >= 4 is 31.6 Å². The summed E-state index contributed by atoms with van der Waals surface area (Å²) in [5.74, 6) is -0.283. The molecule has 0 spiro atoms. The lowest BCUT2D eigenvalue weighted by molar-refractivity contribution is 0.576. The summed E-state index contributed by atoms with van der Waals surface area (Å²) in [7, 11) is -7.28. The van der Waals surface area contributed by atoms with Crippen LogP contribution in [-0.2, 0) is 20.0 Å². The molecule has 7 nitrogen and oxygen atoms in total. The number of nitrogens with one attached hydrogen (secondary N) is 1. The molecule has 102 valence electrons. The summed E-state index contributed by atoms with van der Waals surface area (Å²) in [4.78, 5) is 3.60. The van der Waals surface area contributed by atoms with Crippen molar-refractivity contribution in [1.82, 2.24) is 9.71 Å². The Bertz CT molecular complexity index is 598. The Kier molecular flexibility index (Phi) is 5.05. The maximum absolute atomic E-state index is 11.7. The standard InChI is InChI=1S/C8H12ClN3O4S2/c9-8-3-2-7(6-11-8)18(15,16)12-4-1-5-17(10,13)14/h2-3,6,12H,1,4-5H2,(H2,10,13,14). The van der Waals surface area contributed by atoms with Gasteiger partial charge in [-0.3, -0.25) is 0 Å². The van der Waals surface area contributed by atoms with E-state index in [0.717, 1.165) is 6.20 Å². The van der Waals surface area contributed by atoms with Gasteiger partial charge in [0, 0.05) is 12.7 Å². The minimum Gasteiger partial charge on any atom is -0.243 e. The number of rotatable bonds is 6. The molecule has 0 saturated heterocycles. The van der Waals surface area contributed by atoms with Crippen molar-refractivity contribution in [2.75, 3.05) is 12.3 Å². The van der Waals surface area contributed by atoms with Gasteiger partial charge < -0.3 is 0 Å². The number of nitrogens with zero attached hydrogens (tertiary/aromatic N) is 1. The number of primary sulfonamides is 1. The predicted octanol–water partition coefficient (Wildman–Crippen LogP) is -0.308. The van der Waals surface area contributed by atoms with E-state index in [1.54, 1.807) is 0 Å². The van der Waals surface area contributed by atoms with Crippen LogP contribution in [-0.4, -0.2) is 34.1 Å². The molecule has 1 aromatic rings. The van der Waals surface area contributed by atoms with E-state index in [2.05, 4.69) is 9.71 Å². The van der Waals surface area contributed by atoms with Crippen LogP contribution in [0.3, 0.4) is 0 Å². The lowest BCUT2D eigenvalue weighted by atomic mass is 10.5. The van der Waals surface area contributed by atoms with Gasteiger partial charge in [-0.05, 0) is 18.6 Å². The first-order chi connectivity index (χ1) is 8.21. The number of hydrogen-bond donors (Lipinski definition) is 2. The number of hydrogen-bond acceptors (Lipinski definition) is 5. The molecule has 0 fully saturated rings. The first-order valence-electron chi connectivity index (χ1n) is 4.82. The third-order valence-electron chi connectivity index (χ3n) is 1.91. The van der Waals surface area contributed by atoms with Gasteiger partial charge in [0.15, 0.2) is 0 Å². The highest BCUT2D eigenvalue weighted by molar-refractivity contribution is 7.89. The molecule has 0 saturated carbocycles. The second kappa shape index (κ2) is 5.93. The van der Waals surface area contributed by atoms with Gasteiger partial charge in [0.1, 0.15) is 10.0 Å². The van der Waals surface area contributed by atoms with Crippen LogP contribution in [0.1, 0.15) is 6.42 Å². The number of halogens is 1. The second-order valence-electron chi connectivity index (χ2n) is 3.43. The topological polar surface area (TPSA) is 119 Å². The third-order valence-corrected chi connectivity index (χ3v) is 4.44. The normalized spacial score (nSPS) is 12.6. The number of pyridine rings is 1. The molecule has 0 aliphatic rings. The average molecular weight is 314 g/mol. The Hall–Kier alpha value is -0.740. The van der Waals surface area contributed by atoms with Crippen LogP contribution in [0.5, 0.6) is 0 Å². The maximum Gasteiger partial charge on any atom is 0.242 e. The van der Waals surface area contributed by atoms with E-state index in [0.29, 0.717) is 0 Å². The number of aromatic nitrogens is 1. The Balaban J connectivity index is 2.58. The molecule has 0 aliphatic heterocycles. The minimum atomic E-state index is -3.70. The summed E-state index contributed by atoms with van der Waals surface area (Å²) in [6, 6.07) is 2.65. The quantitative estimate of drug-likeness (QED) is 0.551. The van der Waals surface area contributed by atoms with E-state index in [9.17, 15) is 16.8 Å².